The molecule has 0 unspecified atom stereocenters. The Bertz CT molecular complexity index is 1100. The Kier molecular flexibility index (Phi) is 6.18. The molecule has 1 aromatic carbocycles. The molecular formula is C23H26FN5OS. The van der Waals surface area contributed by atoms with Gasteiger partial charge >= 0.3 is 0 Å². The van der Waals surface area contributed by atoms with Gasteiger partial charge in [-0.25, -0.2) is 9.37 Å². The summed E-state index contributed by atoms with van der Waals surface area (Å²) in [7, 11) is 0. The van der Waals surface area contributed by atoms with Crippen molar-refractivity contribution in [3.05, 3.63) is 64.2 Å². The lowest BCUT2D eigenvalue weighted by Crippen LogP contribution is -2.28. The number of carbonyl (C=O) groups is 1. The molecule has 0 bridgehead atoms. The predicted octanol–water partition coefficient (Wildman–Crippen LogP) is 5.10. The Morgan fingerprint density at radius 2 is 2.06 bits per heavy atom. The summed E-state index contributed by atoms with van der Waals surface area (Å²) < 4.78 is 13.5. The third kappa shape index (κ3) is 4.85. The van der Waals surface area contributed by atoms with Crippen LogP contribution < -0.4 is 10.6 Å². The molecule has 1 aliphatic rings. The normalized spacial score (nSPS) is 15.9. The summed E-state index contributed by atoms with van der Waals surface area (Å²) in [5, 5.41) is 7.22. The van der Waals surface area contributed by atoms with Crippen LogP contribution in [-0.4, -0.2) is 40.4 Å². The van der Waals surface area contributed by atoms with Crippen LogP contribution in [0.15, 0.2) is 36.4 Å². The summed E-state index contributed by atoms with van der Waals surface area (Å²) in [5.41, 5.74) is 4.16. The van der Waals surface area contributed by atoms with Gasteiger partial charge in [0.15, 0.2) is 5.13 Å². The molecule has 6 nitrogen and oxygen atoms in total. The number of amides is 1. The molecule has 0 spiro atoms. The number of aryl methyl sites for hydroxylation is 2. The molecule has 0 radical (unpaired) electrons. The van der Waals surface area contributed by atoms with Gasteiger partial charge < -0.3 is 15.5 Å². The number of hydrogen-bond donors (Lipinski definition) is 2. The second-order valence-corrected chi connectivity index (χ2v) is 8.76. The first-order chi connectivity index (χ1) is 14.9. The summed E-state index contributed by atoms with van der Waals surface area (Å²) in [4.78, 5) is 24.8. The average Bonchev–Trinajstić information content (AvgIpc) is 3.34. The summed E-state index contributed by atoms with van der Waals surface area (Å²) in [5.74, 6) is -0.0811. The van der Waals surface area contributed by atoms with Crippen LogP contribution in [0.25, 0.3) is 0 Å². The van der Waals surface area contributed by atoms with Gasteiger partial charge in [-0.3, -0.25) is 9.78 Å². The van der Waals surface area contributed by atoms with Crippen molar-refractivity contribution in [2.24, 2.45) is 0 Å². The van der Waals surface area contributed by atoms with E-state index in [1.807, 2.05) is 43.9 Å². The van der Waals surface area contributed by atoms with Crippen LogP contribution in [0.2, 0.25) is 0 Å². The molecule has 2 aromatic heterocycles. The minimum absolute atomic E-state index is 0.0346. The molecular weight excluding hydrogens is 413 g/mol. The number of rotatable bonds is 6. The predicted molar refractivity (Wildman–Crippen MR) is 123 cm³/mol. The van der Waals surface area contributed by atoms with Crippen LogP contribution in [0.3, 0.4) is 0 Å². The van der Waals surface area contributed by atoms with Crippen molar-refractivity contribution in [1.29, 1.82) is 0 Å². The Hall–Kier alpha value is -3.00. The van der Waals surface area contributed by atoms with Crippen molar-refractivity contribution in [2.45, 2.75) is 33.1 Å². The fraction of sp³-hybridized carbons (Fsp3) is 0.348. The third-order valence-electron chi connectivity index (χ3n) is 5.30. The van der Waals surface area contributed by atoms with E-state index in [9.17, 15) is 9.18 Å². The number of benzene rings is 1. The van der Waals surface area contributed by atoms with Crippen LogP contribution in [0.4, 0.5) is 20.9 Å². The van der Waals surface area contributed by atoms with E-state index < -0.39 is 0 Å². The minimum atomic E-state index is -0.281. The van der Waals surface area contributed by atoms with E-state index in [2.05, 4.69) is 15.6 Å². The molecule has 1 amide bonds. The van der Waals surface area contributed by atoms with E-state index >= 15 is 0 Å². The average molecular weight is 440 g/mol. The second-order valence-electron chi connectivity index (χ2n) is 7.76. The number of thiazole rings is 1. The lowest BCUT2D eigenvalue weighted by Gasteiger charge is -2.17. The van der Waals surface area contributed by atoms with Crippen molar-refractivity contribution < 1.29 is 9.18 Å². The molecule has 162 valence electrons. The number of aromatic nitrogens is 2. The summed E-state index contributed by atoms with van der Waals surface area (Å²) >= 11 is 1.41. The van der Waals surface area contributed by atoms with Crippen molar-refractivity contribution in [3.63, 3.8) is 0 Å². The molecule has 1 aliphatic heterocycles. The summed E-state index contributed by atoms with van der Waals surface area (Å²) in [6, 6.07) is 10.3. The van der Waals surface area contributed by atoms with Crippen LogP contribution in [-0.2, 0) is 0 Å². The number of pyridine rings is 1. The quantitative estimate of drug-likeness (QED) is 0.559. The van der Waals surface area contributed by atoms with Gasteiger partial charge in [0.2, 0.25) is 0 Å². The van der Waals surface area contributed by atoms with Gasteiger partial charge in [-0.1, -0.05) is 17.4 Å². The first-order valence-corrected chi connectivity index (χ1v) is 11.3. The number of halogens is 1. The van der Waals surface area contributed by atoms with Gasteiger partial charge in [0.25, 0.3) is 5.91 Å². The van der Waals surface area contributed by atoms with E-state index in [0.717, 1.165) is 40.9 Å². The van der Waals surface area contributed by atoms with Gasteiger partial charge in [-0.05, 0) is 57.5 Å². The summed E-state index contributed by atoms with van der Waals surface area (Å²) in [6.45, 7) is 7.93. The largest absolute Gasteiger partial charge is 0.362 e. The van der Waals surface area contributed by atoms with E-state index in [4.69, 9.17) is 4.98 Å². The fourth-order valence-electron chi connectivity index (χ4n) is 3.86. The SMILES string of the molecule is CCNc1nc(C)c(C(=O)N2CC[C@@H](c3cc(Nc4cccc(F)c4)cc(C)n3)C2)s1. The molecule has 0 aliphatic carbocycles. The molecule has 2 N–H and O–H groups in total. The zero-order valence-corrected chi connectivity index (χ0v) is 18.7. The topological polar surface area (TPSA) is 70.2 Å². The van der Waals surface area contributed by atoms with E-state index in [-0.39, 0.29) is 17.6 Å². The molecule has 3 aromatic rings. The van der Waals surface area contributed by atoms with Crippen molar-refractivity contribution >= 4 is 33.8 Å². The minimum Gasteiger partial charge on any atom is -0.362 e. The molecule has 1 saturated heterocycles. The lowest BCUT2D eigenvalue weighted by molar-refractivity contribution is 0.0794. The number of nitrogens with one attached hydrogen (secondary N) is 2. The zero-order chi connectivity index (χ0) is 22.0. The van der Waals surface area contributed by atoms with E-state index in [1.54, 1.807) is 6.07 Å². The van der Waals surface area contributed by atoms with E-state index in [1.165, 1.54) is 23.5 Å². The summed E-state index contributed by atoms with van der Waals surface area (Å²) in [6.07, 6.45) is 0.861. The van der Waals surface area contributed by atoms with Gasteiger partial charge in [0.1, 0.15) is 10.7 Å². The third-order valence-corrected chi connectivity index (χ3v) is 6.40. The highest BCUT2D eigenvalue weighted by molar-refractivity contribution is 7.17. The maximum Gasteiger partial charge on any atom is 0.265 e. The molecule has 4 rings (SSSR count). The molecule has 3 heterocycles. The van der Waals surface area contributed by atoms with Crippen LogP contribution in [0.5, 0.6) is 0 Å². The van der Waals surface area contributed by atoms with Gasteiger partial charge in [-0.2, -0.15) is 0 Å². The van der Waals surface area contributed by atoms with Crippen molar-refractivity contribution in [2.75, 3.05) is 30.3 Å². The van der Waals surface area contributed by atoms with Crippen LogP contribution in [0.1, 0.15) is 46.0 Å². The Morgan fingerprint density at radius 1 is 1.23 bits per heavy atom. The lowest BCUT2D eigenvalue weighted by atomic mass is 10.0. The molecule has 1 fully saturated rings. The smallest absolute Gasteiger partial charge is 0.265 e. The van der Waals surface area contributed by atoms with E-state index in [0.29, 0.717) is 23.7 Å². The van der Waals surface area contributed by atoms with Crippen LogP contribution >= 0.6 is 11.3 Å². The Balaban J connectivity index is 1.48. The number of anilines is 3. The monoisotopic (exact) mass is 439 g/mol. The number of carbonyl (C=O) groups excluding carboxylic acids is 1. The van der Waals surface area contributed by atoms with Crippen LogP contribution in [0, 0.1) is 19.7 Å². The highest BCUT2D eigenvalue weighted by atomic mass is 32.1. The first kappa shape index (κ1) is 21.2. The number of hydrogen-bond acceptors (Lipinski definition) is 6. The highest BCUT2D eigenvalue weighted by Gasteiger charge is 2.31. The molecule has 8 heteroatoms. The Morgan fingerprint density at radius 3 is 2.84 bits per heavy atom. The maximum atomic E-state index is 13.5. The standard InChI is InChI=1S/C23H26FN5OS/c1-4-25-23-27-15(3)21(31-23)22(30)29-9-8-16(13-29)20-12-19(10-14(2)26-20)28-18-7-5-6-17(24)11-18/h5-7,10-12,16H,4,8-9,13H2,1-3H3,(H,25,27)(H,26,28)/t16-/m1/s1. The zero-order valence-electron chi connectivity index (χ0n) is 17.9. The molecule has 31 heavy (non-hydrogen) atoms. The van der Waals surface area contributed by atoms with Gasteiger partial charge in [0, 0.05) is 48.3 Å². The van der Waals surface area contributed by atoms with Gasteiger partial charge in [0.05, 0.1) is 5.69 Å². The fourth-order valence-corrected chi connectivity index (χ4v) is 4.86. The van der Waals surface area contributed by atoms with Crippen molar-refractivity contribution in [3.8, 4) is 0 Å². The first-order valence-electron chi connectivity index (χ1n) is 10.4. The second kappa shape index (κ2) is 9.01. The number of nitrogens with zero attached hydrogens (tertiary/aromatic N) is 3. The highest BCUT2D eigenvalue weighted by Crippen LogP contribution is 2.32. The Labute approximate surface area is 185 Å². The van der Waals surface area contributed by atoms with Crippen molar-refractivity contribution in [1.82, 2.24) is 14.9 Å². The molecule has 1 atom stereocenters. The molecule has 0 saturated carbocycles. The maximum absolute atomic E-state index is 13.5. The number of likely N-dealkylation sites (tertiary alicyclic amines) is 1. The van der Waals surface area contributed by atoms with Gasteiger partial charge in [-0.15, -0.1) is 0 Å².